The monoisotopic (exact) mass is 233 g/mol. The highest BCUT2D eigenvalue weighted by Gasteiger charge is 2.06. The van der Waals surface area contributed by atoms with Gasteiger partial charge in [-0.25, -0.2) is 0 Å². The Hall–Kier alpha value is -1.55. The Labute approximate surface area is 102 Å². The Morgan fingerprint density at radius 2 is 2.24 bits per heavy atom. The molecule has 4 heteroatoms. The van der Waals surface area contributed by atoms with E-state index in [1.165, 1.54) is 5.56 Å². The van der Waals surface area contributed by atoms with Crippen LogP contribution in [0.15, 0.2) is 29.0 Å². The largest absolute Gasteiger partial charge is 0.468 e. The Kier molecular flexibility index (Phi) is 3.64. The zero-order valence-electron chi connectivity index (χ0n) is 10.6. The van der Waals surface area contributed by atoms with E-state index in [0.717, 1.165) is 24.5 Å². The molecule has 0 radical (unpaired) electrons. The van der Waals surface area contributed by atoms with Gasteiger partial charge in [-0.05, 0) is 32.9 Å². The van der Waals surface area contributed by atoms with E-state index in [2.05, 4.69) is 30.5 Å². The van der Waals surface area contributed by atoms with Crippen molar-refractivity contribution < 1.29 is 4.42 Å². The molecule has 0 unspecified atom stereocenters. The molecule has 0 aromatic carbocycles. The van der Waals surface area contributed by atoms with Crippen molar-refractivity contribution >= 4 is 0 Å². The van der Waals surface area contributed by atoms with Crippen LogP contribution in [0.1, 0.15) is 36.9 Å². The first kappa shape index (κ1) is 11.9. The normalized spacial score (nSPS) is 11.3. The Balaban J connectivity index is 1.90. The fourth-order valence-corrected chi connectivity index (χ4v) is 1.69. The summed E-state index contributed by atoms with van der Waals surface area (Å²) in [6.07, 6.45) is 3.80. The maximum absolute atomic E-state index is 5.26. The molecule has 0 fully saturated rings. The first-order valence-corrected chi connectivity index (χ1v) is 5.94. The van der Waals surface area contributed by atoms with Gasteiger partial charge in [-0.15, -0.1) is 0 Å². The van der Waals surface area contributed by atoms with Gasteiger partial charge in [-0.3, -0.25) is 4.68 Å². The van der Waals surface area contributed by atoms with Gasteiger partial charge in [0.05, 0.1) is 18.5 Å². The molecule has 1 N–H and O–H groups in total. The summed E-state index contributed by atoms with van der Waals surface area (Å²) >= 11 is 0. The first-order valence-electron chi connectivity index (χ1n) is 5.94. The number of hydrogen-bond acceptors (Lipinski definition) is 3. The highest BCUT2D eigenvalue weighted by molar-refractivity contribution is 5.15. The quantitative estimate of drug-likeness (QED) is 0.863. The third kappa shape index (κ3) is 2.97. The van der Waals surface area contributed by atoms with Crippen molar-refractivity contribution in [1.29, 1.82) is 0 Å². The fourth-order valence-electron chi connectivity index (χ4n) is 1.69. The number of hydrogen-bond donors (Lipinski definition) is 1. The van der Waals surface area contributed by atoms with E-state index in [-0.39, 0.29) is 0 Å². The predicted molar refractivity (Wildman–Crippen MR) is 66.6 cm³/mol. The minimum absolute atomic E-state index is 0.410. The van der Waals surface area contributed by atoms with E-state index >= 15 is 0 Å². The molecule has 0 spiro atoms. The van der Waals surface area contributed by atoms with Crippen LogP contribution in [0.5, 0.6) is 0 Å². The average Bonchev–Trinajstić information content (AvgIpc) is 2.89. The van der Waals surface area contributed by atoms with E-state index in [9.17, 15) is 0 Å². The molecular weight excluding hydrogens is 214 g/mol. The summed E-state index contributed by atoms with van der Waals surface area (Å²) in [4.78, 5) is 0. The second-order valence-electron chi connectivity index (χ2n) is 4.50. The van der Waals surface area contributed by atoms with Crippen LogP contribution in [0, 0.1) is 6.92 Å². The van der Waals surface area contributed by atoms with Gasteiger partial charge in [0, 0.05) is 24.3 Å². The smallest absolute Gasteiger partial charge is 0.117 e. The second-order valence-corrected chi connectivity index (χ2v) is 4.50. The van der Waals surface area contributed by atoms with Crippen molar-refractivity contribution in [1.82, 2.24) is 15.1 Å². The molecular formula is C13H19N3O. The van der Waals surface area contributed by atoms with Crippen LogP contribution in [-0.4, -0.2) is 9.78 Å². The topological polar surface area (TPSA) is 43.0 Å². The maximum Gasteiger partial charge on any atom is 0.117 e. The zero-order chi connectivity index (χ0) is 12.3. The van der Waals surface area contributed by atoms with Crippen molar-refractivity contribution in [3.63, 3.8) is 0 Å². The van der Waals surface area contributed by atoms with Gasteiger partial charge in [0.15, 0.2) is 0 Å². The van der Waals surface area contributed by atoms with Crippen LogP contribution in [0.4, 0.5) is 0 Å². The lowest BCUT2D eigenvalue weighted by atomic mass is 10.2. The number of nitrogens with one attached hydrogen (secondary N) is 1. The van der Waals surface area contributed by atoms with Gasteiger partial charge in [0.2, 0.25) is 0 Å². The summed E-state index contributed by atoms with van der Waals surface area (Å²) in [5.41, 5.74) is 2.33. The van der Waals surface area contributed by atoms with Crippen molar-refractivity contribution in [2.75, 3.05) is 0 Å². The molecule has 2 heterocycles. The van der Waals surface area contributed by atoms with Gasteiger partial charge in [-0.2, -0.15) is 5.10 Å². The van der Waals surface area contributed by atoms with Crippen LogP contribution in [0.2, 0.25) is 0 Å². The van der Waals surface area contributed by atoms with E-state index in [4.69, 9.17) is 4.42 Å². The molecule has 0 aliphatic rings. The Morgan fingerprint density at radius 3 is 2.82 bits per heavy atom. The van der Waals surface area contributed by atoms with Gasteiger partial charge >= 0.3 is 0 Å². The fraction of sp³-hybridized carbons (Fsp3) is 0.462. The van der Waals surface area contributed by atoms with E-state index in [1.54, 1.807) is 6.26 Å². The van der Waals surface area contributed by atoms with E-state index < -0.39 is 0 Å². The van der Waals surface area contributed by atoms with Crippen molar-refractivity contribution in [3.8, 4) is 0 Å². The number of rotatable bonds is 5. The van der Waals surface area contributed by atoms with E-state index in [1.807, 2.05) is 23.7 Å². The molecule has 2 aromatic heterocycles. The minimum atomic E-state index is 0.410. The van der Waals surface area contributed by atoms with Crippen molar-refractivity contribution in [3.05, 3.63) is 41.6 Å². The molecule has 0 saturated heterocycles. The van der Waals surface area contributed by atoms with Crippen LogP contribution < -0.4 is 5.32 Å². The molecule has 0 aliphatic carbocycles. The van der Waals surface area contributed by atoms with Crippen LogP contribution in [0.3, 0.4) is 0 Å². The lowest BCUT2D eigenvalue weighted by molar-refractivity contribution is 0.482. The zero-order valence-corrected chi connectivity index (χ0v) is 10.6. The molecule has 4 nitrogen and oxygen atoms in total. The lowest BCUT2D eigenvalue weighted by Gasteiger charge is -2.03. The van der Waals surface area contributed by atoms with Crippen molar-refractivity contribution in [2.24, 2.45) is 0 Å². The highest BCUT2D eigenvalue weighted by atomic mass is 16.3. The molecule has 0 atom stereocenters. The third-order valence-electron chi connectivity index (χ3n) is 2.74. The molecule has 17 heavy (non-hydrogen) atoms. The predicted octanol–water partition coefficient (Wildman–Crippen LogP) is 2.66. The van der Waals surface area contributed by atoms with Crippen LogP contribution in [-0.2, 0) is 13.1 Å². The second kappa shape index (κ2) is 5.19. The average molecular weight is 233 g/mol. The summed E-state index contributed by atoms with van der Waals surface area (Å²) in [5, 5.41) is 7.83. The Bertz CT molecular complexity index is 457. The molecule has 0 saturated carbocycles. The molecule has 2 rings (SSSR count). The standard InChI is InChI=1S/C13H19N3O/c1-10(2)16-9-12(11(3)15-16)7-14-8-13-5-4-6-17-13/h4-6,9-10,14H,7-8H2,1-3H3. The minimum Gasteiger partial charge on any atom is -0.468 e. The van der Waals surface area contributed by atoms with Gasteiger partial charge in [0.25, 0.3) is 0 Å². The van der Waals surface area contributed by atoms with E-state index in [0.29, 0.717) is 6.04 Å². The summed E-state index contributed by atoms with van der Waals surface area (Å²) in [7, 11) is 0. The summed E-state index contributed by atoms with van der Waals surface area (Å²) in [6.45, 7) is 7.88. The number of aryl methyl sites for hydroxylation is 1. The highest BCUT2D eigenvalue weighted by Crippen LogP contribution is 2.10. The molecule has 0 bridgehead atoms. The molecule has 2 aromatic rings. The van der Waals surface area contributed by atoms with Gasteiger partial charge in [0.1, 0.15) is 5.76 Å². The van der Waals surface area contributed by atoms with Gasteiger partial charge < -0.3 is 9.73 Å². The van der Waals surface area contributed by atoms with Crippen LogP contribution in [0.25, 0.3) is 0 Å². The first-order chi connectivity index (χ1) is 8.16. The number of nitrogens with zero attached hydrogens (tertiary/aromatic N) is 2. The summed E-state index contributed by atoms with van der Waals surface area (Å²) in [6, 6.07) is 4.28. The maximum atomic E-state index is 5.26. The lowest BCUT2D eigenvalue weighted by Crippen LogP contribution is -2.12. The van der Waals surface area contributed by atoms with Crippen molar-refractivity contribution in [2.45, 2.75) is 39.9 Å². The molecule has 92 valence electrons. The van der Waals surface area contributed by atoms with Gasteiger partial charge in [-0.1, -0.05) is 0 Å². The summed E-state index contributed by atoms with van der Waals surface area (Å²) < 4.78 is 7.26. The molecule has 0 aliphatic heterocycles. The number of furan rings is 1. The third-order valence-corrected chi connectivity index (χ3v) is 2.74. The summed E-state index contributed by atoms with van der Waals surface area (Å²) in [5.74, 6) is 0.957. The SMILES string of the molecule is Cc1nn(C(C)C)cc1CNCc1ccco1. The Morgan fingerprint density at radius 1 is 1.41 bits per heavy atom. The number of aromatic nitrogens is 2. The van der Waals surface area contributed by atoms with Crippen LogP contribution >= 0.6 is 0 Å². The molecule has 0 amide bonds.